The molecule has 0 spiro atoms. The van der Waals surface area contributed by atoms with Crippen molar-refractivity contribution in [3.05, 3.63) is 35.4 Å². The van der Waals surface area contributed by atoms with Gasteiger partial charge in [-0.2, -0.15) is 0 Å². The summed E-state index contributed by atoms with van der Waals surface area (Å²) in [5.74, 6) is 0.532. The van der Waals surface area contributed by atoms with Crippen LogP contribution >= 0.6 is 0 Å². The molecule has 2 nitrogen and oxygen atoms in total. The Balaban J connectivity index is 1.67. The molecule has 1 aromatic rings. The summed E-state index contributed by atoms with van der Waals surface area (Å²) >= 11 is 0. The second-order valence-corrected chi connectivity index (χ2v) is 6.06. The molecule has 0 aromatic heterocycles. The molecule has 0 aliphatic heterocycles. The number of fused-ring (bicyclic) bond motifs is 1. The molecular weight excluding hydrogens is 236 g/mol. The van der Waals surface area contributed by atoms with E-state index < -0.39 is 0 Å². The molecule has 0 heterocycles. The van der Waals surface area contributed by atoms with Crippen LogP contribution in [0.2, 0.25) is 0 Å². The predicted molar refractivity (Wildman–Crippen MR) is 76.3 cm³/mol. The van der Waals surface area contributed by atoms with Gasteiger partial charge < -0.3 is 9.84 Å². The Morgan fingerprint density at radius 2 is 2.05 bits per heavy atom. The fraction of sp³-hybridized carbons (Fsp3) is 0.647. The van der Waals surface area contributed by atoms with Crippen molar-refractivity contribution in [1.29, 1.82) is 0 Å². The fourth-order valence-electron chi connectivity index (χ4n) is 3.89. The Labute approximate surface area is 115 Å². The predicted octanol–water partition coefficient (Wildman–Crippen LogP) is 3.43. The highest BCUT2D eigenvalue weighted by atomic mass is 16.5. The van der Waals surface area contributed by atoms with E-state index in [2.05, 4.69) is 24.3 Å². The summed E-state index contributed by atoms with van der Waals surface area (Å²) in [4.78, 5) is 0. The van der Waals surface area contributed by atoms with E-state index in [9.17, 15) is 5.11 Å². The third-order valence-corrected chi connectivity index (χ3v) is 4.96. The number of aliphatic hydroxyl groups is 1. The molecule has 1 saturated carbocycles. The Bertz CT molecular complexity index is 435. The van der Waals surface area contributed by atoms with Crippen LogP contribution in [-0.2, 0) is 11.2 Å². The molecule has 1 N–H and O–H groups in total. The first-order valence-corrected chi connectivity index (χ1v) is 7.65. The SMILES string of the molecule is CCOC1(C(O)CC2Cc3ccccc32)CCCC1. The minimum absolute atomic E-state index is 0.251. The van der Waals surface area contributed by atoms with Gasteiger partial charge in [0.05, 0.1) is 11.7 Å². The number of rotatable bonds is 5. The molecule has 2 aliphatic rings. The smallest absolute Gasteiger partial charge is 0.0940 e. The number of hydrogen-bond acceptors (Lipinski definition) is 2. The number of benzene rings is 1. The van der Waals surface area contributed by atoms with Crippen molar-refractivity contribution < 1.29 is 9.84 Å². The van der Waals surface area contributed by atoms with Crippen LogP contribution in [0.25, 0.3) is 0 Å². The standard InChI is InChI=1S/C17H24O2/c1-2-19-17(9-5-6-10-17)16(18)12-14-11-13-7-3-4-8-15(13)14/h3-4,7-8,14,16,18H,2,5-6,9-12H2,1H3. The molecular formula is C17H24O2. The molecule has 104 valence electrons. The van der Waals surface area contributed by atoms with Gasteiger partial charge in [-0.25, -0.2) is 0 Å². The minimum Gasteiger partial charge on any atom is -0.390 e. The summed E-state index contributed by atoms with van der Waals surface area (Å²) in [6.45, 7) is 2.74. The molecule has 19 heavy (non-hydrogen) atoms. The Hall–Kier alpha value is -0.860. The summed E-state index contributed by atoms with van der Waals surface area (Å²) in [6, 6.07) is 8.61. The molecule has 2 unspecified atom stereocenters. The van der Waals surface area contributed by atoms with Crippen LogP contribution in [-0.4, -0.2) is 23.4 Å². The van der Waals surface area contributed by atoms with Crippen LogP contribution in [0.3, 0.4) is 0 Å². The van der Waals surface area contributed by atoms with E-state index in [1.165, 1.54) is 24.0 Å². The fourth-order valence-corrected chi connectivity index (χ4v) is 3.89. The van der Waals surface area contributed by atoms with Gasteiger partial charge in [0.25, 0.3) is 0 Å². The van der Waals surface area contributed by atoms with Gasteiger partial charge in [0.2, 0.25) is 0 Å². The van der Waals surface area contributed by atoms with Crippen LogP contribution in [0, 0.1) is 0 Å². The first-order valence-electron chi connectivity index (χ1n) is 7.65. The number of aliphatic hydroxyl groups excluding tert-OH is 1. The van der Waals surface area contributed by atoms with Crippen molar-refractivity contribution in [1.82, 2.24) is 0 Å². The highest BCUT2D eigenvalue weighted by Gasteiger charge is 2.43. The zero-order chi connectivity index (χ0) is 13.3. The summed E-state index contributed by atoms with van der Waals surface area (Å²) in [5, 5.41) is 10.7. The van der Waals surface area contributed by atoms with Crippen LogP contribution in [0.4, 0.5) is 0 Å². The van der Waals surface area contributed by atoms with Gasteiger partial charge in [0, 0.05) is 6.61 Å². The van der Waals surface area contributed by atoms with Gasteiger partial charge in [-0.05, 0) is 49.7 Å². The quantitative estimate of drug-likeness (QED) is 0.879. The number of hydrogen-bond donors (Lipinski definition) is 1. The third kappa shape index (κ3) is 2.32. The second-order valence-electron chi connectivity index (χ2n) is 6.06. The maximum Gasteiger partial charge on any atom is 0.0940 e. The van der Waals surface area contributed by atoms with Gasteiger partial charge in [0.1, 0.15) is 0 Å². The van der Waals surface area contributed by atoms with Crippen molar-refractivity contribution >= 4 is 0 Å². The summed E-state index contributed by atoms with van der Waals surface area (Å²) in [7, 11) is 0. The van der Waals surface area contributed by atoms with Crippen molar-refractivity contribution in [2.24, 2.45) is 0 Å². The average molecular weight is 260 g/mol. The van der Waals surface area contributed by atoms with E-state index in [0.29, 0.717) is 12.5 Å². The lowest BCUT2D eigenvalue weighted by atomic mass is 9.72. The first kappa shape index (κ1) is 13.1. The monoisotopic (exact) mass is 260 g/mol. The molecule has 1 aromatic carbocycles. The van der Waals surface area contributed by atoms with E-state index in [-0.39, 0.29) is 11.7 Å². The molecule has 2 aliphatic carbocycles. The molecule has 1 fully saturated rings. The Morgan fingerprint density at radius 3 is 2.74 bits per heavy atom. The van der Waals surface area contributed by atoms with Gasteiger partial charge in [-0.15, -0.1) is 0 Å². The number of ether oxygens (including phenoxy) is 1. The Kier molecular flexibility index (Phi) is 3.64. The maximum absolute atomic E-state index is 10.7. The van der Waals surface area contributed by atoms with E-state index in [4.69, 9.17) is 4.74 Å². The van der Waals surface area contributed by atoms with Crippen LogP contribution in [0.5, 0.6) is 0 Å². The highest BCUT2D eigenvalue weighted by molar-refractivity contribution is 5.40. The third-order valence-electron chi connectivity index (χ3n) is 4.96. The second kappa shape index (κ2) is 5.26. The van der Waals surface area contributed by atoms with Gasteiger partial charge in [-0.1, -0.05) is 37.1 Å². The molecule has 0 saturated heterocycles. The van der Waals surface area contributed by atoms with E-state index in [1.807, 2.05) is 6.92 Å². The van der Waals surface area contributed by atoms with Crippen LogP contribution in [0.1, 0.15) is 56.1 Å². The van der Waals surface area contributed by atoms with Crippen LogP contribution < -0.4 is 0 Å². The minimum atomic E-state index is -0.312. The normalized spacial score (nSPS) is 25.7. The van der Waals surface area contributed by atoms with Crippen molar-refractivity contribution in [3.8, 4) is 0 Å². The zero-order valence-electron chi connectivity index (χ0n) is 11.8. The van der Waals surface area contributed by atoms with Gasteiger partial charge >= 0.3 is 0 Å². The Morgan fingerprint density at radius 1 is 1.32 bits per heavy atom. The first-order chi connectivity index (χ1) is 9.25. The topological polar surface area (TPSA) is 29.5 Å². The summed E-state index contributed by atoms with van der Waals surface area (Å²) in [6.07, 6.45) is 6.10. The lowest BCUT2D eigenvalue weighted by Crippen LogP contribution is -2.44. The lowest BCUT2D eigenvalue weighted by molar-refractivity contribution is -0.120. The summed E-state index contributed by atoms with van der Waals surface area (Å²) in [5.41, 5.74) is 2.64. The maximum atomic E-state index is 10.7. The van der Waals surface area contributed by atoms with Crippen molar-refractivity contribution in [3.63, 3.8) is 0 Å². The van der Waals surface area contributed by atoms with E-state index in [0.717, 1.165) is 25.7 Å². The van der Waals surface area contributed by atoms with Crippen molar-refractivity contribution in [2.75, 3.05) is 6.61 Å². The van der Waals surface area contributed by atoms with Crippen molar-refractivity contribution in [2.45, 2.75) is 63.1 Å². The lowest BCUT2D eigenvalue weighted by Gasteiger charge is -2.39. The molecule has 0 amide bonds. The molecule has 2 atom stereocenters. The van der Waals surface area contributed by atoms with E-state index in [1.54, 1.807) is 0 Å². The molecule has 2 heteroatoms. The summed E-state index contributed by atoms with van der Waals surface area (Å²) < 4.78 is 5.96. The van der Waals surface area contributed by atoms with Gasteiger partial charge in [0.15, 0.2) is 0 Å². The molecule has 3 rings (SSSR count). The van der Waals surface area contributed by atoms with Crippen LogP contribution in [0.15, 0.2) is 24.3 Å². The van der Waals surface area contributed by atoms with Gasteiger partial charge in [-0.3, -0.25) is 0 Å². The highest BCUT2D eigenvalue weighted by Crippen LogP contribution is 2.43. The largest absolute Gasteiger partial charge is 0.390 e. The zero-order valence-corrected chi connectivity index (χ0v) is 11.8. The molecule has 0 radical (unpaired) electrons. The van der Waals surface area contributed by atoms with E-state index >= 15 is 0 Å². The average Bonchev–Trinajstić information content (AvgIpc) is 2.86. The molecule has 0 bridgehead atoms.